The predicted octanol–water partition coefficient (Wildman–Crippen LogP) is 4.35. The molecule has 0 aliphatic heterocycles. The van der Waals surface area contributed by atoms with Crippen molar-refractivity contribution in [1.29, 1.82) is 5.26 Å². The van der Waals surface area contributed by atoms with Crippen LogP contribution in [0.2, 0.25) is 0 Å². The van der Waals surface area contributed by atoms with Crippen molar-refractivity contribution in [3.63, 3.8) is 0 Å². The molecule has 2 rings (SSSR count). The summed E-state index contributed by atoms with van der Waals surface area (Å²) in [6, 6.07) is 8.98. The molecule has 1 aromatic carbocycles. The van der Waals surface area contributed by atoms with E-state index in [1.165, 1.54) is 12.5 Å². The smallest absolute Gasteiger partial charge is 0.146 e. The molecule has 3 heteroatoms. The van der Waals surface area contributed by atoms with Crippen molar-refractivity contribution in [2.45, 2.75) is 45.1 Å². The summed E-state index contributed by atoms with van der Waals surface area (Å²) in [5.74, 6) is 0.812. The molecule has 0 saturated heterocycles. The molecule has 2 unspecified atom stereocenters. The highest BCUT2D eigenvalue weighted by Crippen LogP contribution is 2.38. The van der Waals surface area contributed by atoms with Gasteiger partial charge in [-0.25, -0.2) is 4.39 Å². The molecule has 19 heavy (non-hydrogen) atoms. The molecule has 2 nitrogen and oxygen atoms in total. The normalized spacial score (nSPS) is 27.0. The third-order valence-electron chi connectivity index (χ3n) is 4.19. The van der Waals surface area contributed by atoms with Crippen molar-refractivity contribution < 1.29 is 4.39 Å². The second kappa shape index (κ2) is 5.61. The van der Waals surface area contributed by atoms with Crippen LogP contribution in [0.25, 0.3) is 0 Å². The van der Waals surface area contributed by atoms with Gasteiger partial charge in [-0.2, -0.15) is 5.26 Å². The Balaban J connectivity index is 2.19. The standard InChI is InChI=1S/C16H21FN2/c1-12(2)13-6-5-9-16(10-13,11-18)19-15-8-4-3-7-14(15)17/h3-4,7-8,12-13,19H,5-6,9-10H2,1-2H3. The first-order valence-corrected chi connectivity index (χ1v) is 7.00. The number of hydrogen-bond donors (Lipinski definition) is 1. The van der Waals surface area contributed by atoms with Crippen LogP contribution in [0.15, 0.2) is 24.3 Å². The summed E-state index contributed by atoms with van der Waals surface area (Å²) in [5.41, 5.74) is -0.177. The molecule has 102 valence electrons. The number of para-hydroxylation sites is 1. The van der Waals surface area contributed by atoms with Gasteiger partial charge in [0.05, 0.1) is 11.8 Å². The fraction of sp³-hybridized carbons (Fsp3) is 0.562. The maximum Gasteiger partial charge on any atom is 0.146 e. The summed E-state index contributed by atoms with van der Waals surface area (Å²) in [4.78, 5) is 0. The van der Waals surface area contributed by atoms with Crippen molar-refractivity contribution in [1.82, 2.24) is 0 Å². The number of halogens is 1. The van der Waals surface area contributed by atoms with Gasteiger partial charge in [0.15, 0.2) is 0 Å². The SMILES string of the molecule is CC(C)C1CCCC(C#N)(Nc2ccccc2F)C1. The molecule has 0 bridgehead atoms. The summed E-state index contributed by atoms with van der Waals surface area (Å²) in [5, 5.41) is 12.7. The summed E-state index contributed by atoms with van der Waals surface area (Å²) in [6.07, 6.45) is 3.79. The lowest BCUT2D eigenvalue weighted by Crippen LogP contribution is -2.42. The lowest BCUT2D eigenvalue weighted by Gasteiger charge is -2.38. The third-order valence-corrected chi connectivity index (χ3v) is 4.19. The highest BCUT2D eigenvalue weighted by Gasteiger charge is 2.37. The van der Waals surface area contributed by atoms with Crippen LogP contribution in [0.4, 0.5) is 10.1 Å². The average molecular weight is 260 g/mol. The van der Waals surface area contributed by atoms with Crippen LogP contribution in [-0.2, 0) is 0 Å². The van der Waals surface area contributed by atoms with Crippen molar-refractivity contribution >= 4 is 5.69 Å². The van der Waals surface area contributed by atoms with Crippen LogP contribution in [-0.4, -0.2) is 5.54 Å². The largest absolute Gasteiger partial charge is 0.365 e. The number of hydrogen-bond acceptors (Lipinski definition) is 2. The Hall–Kier alpha value is -1.56. The Morgan fingerprint density at radius 2 is 2.16 bits per heavy atom. The minimum Gasteiger partial charge on any atom is -0.365 e. The molecule has 0 amide bonds. The topological polar surface area (TPSA) is 35.8 Å². The van der Waals surface area contributed by atoms with Crippen LogP contribution >= 0.6 is 0 Å². The first kappa shape index (κ1) is 13.9. The van der Waals surface area contributed by atoms with E-state index in [1.807, 2.05) is 0 Å². The number of rotatable bonds is 3. The van der Waals surface area contributed by atoms with Gasteiger partial charge in [-0.3, -0.25) is 0 Å². The fourth-order valence-electron chi connectivity index (χ4n) is 2.95. The van der Waals surface area contributed by atoms with Crippen molar-refractivity contribution in [3.8, 4) is 6.07 Å². The average Bonchev–Trinajstić information content (AvgIpc) is 2.42. The molecule has 0 heterocycles. The lowest BCUT2D eigenvalue weighted by molar-refractivity contribution is 0.232. The van der Waals surface area contributed by atoms with Gasteiger partial charge in [-0.1, -0.05) is 26.0 Å². The molecule has 1 aliphatic rings. The van der Waals surface area contributed by atoms with E-state index in [0.717, 1.165) is 19.3 Å². The van der Waals surface area contributed by atoms with Gasteiger partial charge in [0.1, 0.15) is 11.4 Å². The van der Waals surface area contributed by atoms with Crippen molar-refractivity contribution in [2.24, 2.45) is 11.8 Å². The van der Waals surface area contributed by atoms with Crippen molar-refractivity contribution in [2.75, 3.05) is 5.32 Å². The van der Waals surface area contributed by atoms with E-state index in [0.29, 0.717) is 17.5 Å². The van der Waals surface area contributed by atoms with E-state index in [-0.39, 0.29) is 5.82 Å². The molecule has 0 radical (unpaired) electrons. The van der Waals surface area contributed by atoms with Crippen LogP contribution in [0.3, 0.4) is 0 Å². The highest BCUT2D eigenvalue weighted by molar-refractivity contribution is 5.49. The Morgan fingerprint density at radius 3 is 2.79 bits per heavy atom. The minimum absolute atomic E-state index is 0.288. The van der Waals surface area contributed by atoms with Gasteiger partial charge in [0.25, 0.3) is 0 Å². The summed E-state index contributed by atoms with van der Waals surface area (Å²) in [6.45, 7) is 4.39. The molecular formula is C16H21FN2. The molecule has 0 aromatic heterocycles. The Bertz CT molecular complexity index is 478. The van der Waals surface area contributed by atoms with Gasteiger partial charge < -0.3 is 5.32 Å². The second-order valence-corrected chi connectivity index (χ2v) is 5.90. The summed E-state index contributed by atoms with van der Waals surface area (Å²) in [7, 11) is 0. The second-order valence-electron chi connectivity index (χ2n) is 5.90. The number of benzene rings is 1. The zero-order chi connectivity index (χ0) is 13.9. The number of nitrogens with zero attached hydrogens (tertiary/aromatic N) is 1. The fourth-order valence-corrected chi connectivity index (χ4v) is 2.95. The maximum atomic E-state index is 13.7. The Kier molecular flexibility index (Phi) is 4.09. The molecule has 1 saturated carbocycles. The van der Waals surface area contributed by atoms with E-state index in [9.17, 15) is 9.65 Å². The highest BCUT2D eigenvalue weighted by atomic mass is 19.1. The summed E-state index contributed by atoms with van der Waals surface area (Å²) >= 11 is 0. The minimum atomic E-state index is -0.616. The van der Waals surface area contributed by atoms with Gasteiger partial charge in [-0.05, 0) is 49.7 Å². The first-order chi connectivity index (χ1) is 9.06. The predicted molar refractivity (Wildman–Crippen MR) is 75.2 cm³/mol. The summed E-state index contributed by atoms with van der Waals surface area (Å²) < 4.78 is 13.7. The van der Waals surface area contributed by atoms with Gasteiger partial charge in [0, 0.05) is 0 Å². The van der Waals surface area contributed by atoms with Crippen LogP contribution in [0, 0.1) is 29.0 Å². The van der Waals surface area contributed by atoms with E-state index >= 15 is 0 Å². The Labute approximate surface area is 114 Å². The van der Waals surface area contributed by atoms with E-state index in [2.05, 4.69) is 25.2 Å². The lowest BCUT2D eigenvalue weighted by atomic mass is 9.72. The zero-order valence-electron chi connectivity index (χ0n) is 11.6. The monoisotopic (exact) mass is 260 g/mol. The third kappa shape index (κ3) is 3.07. The molecule has 1 aromatic rings. The van der Waals surface area contributed by atoms with Gasteiger partial charge in [0.2, 0.25) is 0 Å². The maximum absolute atomic E-state index is 13.7. The number of nitrogens with one attached hydrogen (secondary N) is 1. The number of anilines is 1. The molecule has 1 N–H and O–H groups in total. The van der Waals surface area contributed by atoms with Gasteiger partial charge >= 0.3 is 0 Å². The molecule has 1 aliphatic carbocycles. The Morgan fingerprint density at radius 1 is 1.42 bits per heavy atom. The molecule has 2 atom stereocenters. The van der Waals surface area contributed by atoms with Crippen molar-refractivity contribution in [3.05, 3.63) is 30.1 Å². The quantitative estimate of drug-likeness (QED) is 0.877. The zero-order valence-corrected chi connectivity index (χ0v) is 11.6. The van der Waals surface area contributed by atoms with Gasteiger partial charge in [-0.15, -0.1) is 0 Å². The molecule has 0 spiro atoms. The number of nitriles is 1. The van der Waals surface area contributed by atoms with Crippen LogP contribution < -0.4 is 5.32 Å². The van der Waals surface area contributed by atoms with Crippen LogP contribution in [0.5, 0.6) is 0 Å². The first-order valence-electron chi connectivity index (χ1n) is 7.00. The van der Waals surface area contributed by atoms with E-state index in [4.69, 9.17) is 0 Å². The van der Waals surface area contributed by atoms with E-state index < -0.39 is 5.54 Å². The molecular weight excluding hydrogens is 239 g/mol. The molecule has 1 fully saturated rings. The van der Waals surface area contributed by atoms with Crippen LogP contribution in [0.1, 0.15) is 39.5 Å². The van der Waals surface area contributed by atoms with E-state index in [1.54, 1.807) is 18.2 Å².